The molecule has 2 amide bonds. The van der Waals surface area contributed by atoms with Crippen molar-refractivity contribution in [3.63, 3.8) is 0 Å². The number of hydrogen-bond donors (Lipinski definition) is 3. The van der Waals surface area contributed by atoms with Crippen LogP contribution in [-0.2, 0) is 4.79 Å². The standard InChI is InChI=1S/C10H13N3O3/c1-16-8-4-2-3-7(5-8)10(15)12-6-9(14)13-11/h2-5H,6,11H2,1H3,(H,12,15)(H,13,14). The van der Waals surface area contributed by atoms with Crippen molar-refractivity contribution in [1.82, 2.24) is 10.7 Å². The first-order valence-corrected chi connectivity index (χ1v) is 4.59. The largest absolute Gasteiger partial charge is 0.497 e. The highest BCUT2D eigenvalue weighted by molar-refractivity contribution is 5.96. The zero-order valence-corrected chi connectivity index (χ0v) is 8.82. The summed E-state index contributed by atoms with van der Waals surface area (Å²) in [7, 11) is 1.51. The molecule has 0 aliphatic rings. The number of nitrogens with two attached hydrogens (primary N) is 1. The summed E-state index contributed by atoms with van der Waals surface area (Å²) in [5.74, 6) is 4.63. The summed E-state index contributed by atoms with van der Waals surface area (Å²) in [4.78, 5) is 22.3. The van der Waals surface area contributed by atoms with E-state index in [0.29, 0.717) is 11.3 Å². The number of benzene rings is 1. The number of carbonyl (C=O) groups is 2. The molecule has 1 aromatic carbocycles. The van der Waals surface area contributed by atoms with Gasteiger partial charge in [-0.2, -0.15) is 0 Å². The molecule has 16 heavy (non-hydrogen) atoms. The molecule has 0 atom stereocenters. The maximum absolute atomic E-state index is 11.5. The van der Waals surface area contributed by atoms with Crippen LogP contribution in [0.15, 0.2) is 24.3 Å². The van der Waals surface area contributed by atoms with Crippen molar-refractivity contribution in [2.24, 2.45) is 5.84 Å². The molecule has 0 aliphatic heterocycles. The van der Waals surface area contributed by atoms with Gasteiger partial charge in [-0.3, -0.25) is 15.0 Å². The van der Waals surface area contributed by atoms with Crippen LogP contribution in [0.4, 0.5) is 0 Å². The molecule has 6 heteroatoms. The van der Waals surface area contributed by atoms with Gasteiger partial charge in [0.15, 0.2) is 0 Å². The number of nitrogens with one attached hydrogen (secondary N) is 2. The fraction of sp³-hybridized carbons (Fsp3) is 0.200. The molecule has 0 saturated heterocycles. The average Bonchev–Trinajstić information content (AvgIpc) is 2.35. The van der Waals surface area contributed by atoms with E-state index in [1.165, 1.54) is 7.11 Å². The second kappa shape index (κ2) is 5.72. The second-order valence-corrected chi connectivity index (χ2v) is 2.98. The average molecular weight is 223 g/mol. The monoisotopic (exact) mass is 223 g/mol. The molecule has 0 fully saturated rings. The maximum Gasteiger partial charge on any atom is 0.253 e. The minimum absolute atomic E-state index is 0.160. The van der Waals surface area contributed by atoms with Crippen LogP contribution in [0, 0.1) is 0 Å². The van der Waals surface area contributed by atoms with E-state index in [1.807, 2.05) is 5.43 Å². The van der Waals surface area contributed by atoms with Gasteiger partial charge in [0.05, 0.1) is 13.7 Å². The van der Waals surface area contributed by atoms with Crippen molar-refractivity contribution in [2.45, 2.75) is 0 Å². The third-order valence-corrected chi connectivity index (χ3v) is 1.90. The minimum atomic E-state index is -0.462. The number of carbonyl (C=O) groups excluding carboxylic acids is 2. The Morgan fingerprint density at radius 1 is 1.44 bits per heavy atom. The fourth-order valence-electron chi connectivity index (χ4n) is 1.08. The van der Waals surface area contributed by atoms with E-state index >= 15 is 0 Å². The van der Waals surface area contributed by atoms with Crippen LogP contribution in [0.5, 0.6) is 5.75 Å². The normalized spacial score (nSPS) is 9.38. The van der Waals surface area contributed by atoms with Crippen molar-refractivity contribution >= 4 is 11.8 Å². The highest BCUT2D eigenvalue weighted by atomic mass is 16.5. The third kappa shape index (κ3) is 3.25. The van der Waals surface area contributed by atoms with Gasteiger partial charge in [0.25, 0.3) is 11.8 Å². The van der Waals surface area contributed by atoms with Gasteiger partial charge in [-0.1, -0.05) is 6.07 Å². The van der Waals surface area contributed by atoms with E-state index in [1.54, 1.807) is 24.3 Å². The van der Waals surface area contributed by atoms with Gasteiger partial charge in [-0.15, -0.1) is 0 Å². The van der Waals surface area contributed by atoms with Gasteiger partial charge >= 0.3 is 0 Å². The van der Waals surface area contributed by atoms with Gasteiger partial charge < -0.3 is 10.1 Å². The summed E-state index contributed by atoms with van der Waals surface area (Å²) >= 11 is 0. The third-order valence-electron chi connectivity index (χ3n) is 1.90. The molecule has 1 aromatic rings. The van der Waals surface area contributed by atoms with Crippen LogP contribution in [-0.4, -0.2) is 25.5 Å². The number of methoxy groups -OCH3 is 1. The first-order chi connectivity index (χ1) is 7.67. The maximum atomic E-state index is 11.5. The van der Waals surface area contributed by atoms with Crippen LogP contribution in [0.3, 0.4) is 0 Å². The molecule has 4 N–H and O–H groups in total. The lowest BCUT2D eigenvalue weighted by molar-refractivity contribution is -0.120. The fourth-order valence-corrected chi connectivity index (χ4v) is 1.08. The Balaban J connectivity index is 2.62. The summed E-state index contributed by atoms with van der Waals surface area (Å²) < 4.78 is 4.97. The molecular formula is C10H13N3O3. The summed E-state index contributed by atoms with van der Waals surface area (Å²) in [5.41, 5.74) is 2.34. The van der Waals surface area contributed by atoms with E-state index < -0.39 is 5.91 Å². The second-order valence-electron chi connectivity index (χ2n) is 2.98. The van der Waals surface area contributed by atoms with Crippen LogP contribution >= 0.6 is 0 Å². The molecule has 0 heterocycles. The van der Waals surface area contributed by atoms with Crippen LogP contribution in [0.1, 0.15) is 10.4 Å². The van der Waals surface area contributed by atoms with Crippen molar-refractivity contribution in [3.05, 3.63) is 29.8 Å². The molecule has 0 unspecified atom stereocenters. The molecule has 86 valence electrons. The Morgan fingerprint density at radius 3 is 2.81 bits per heavy atom. The number of hydrazine groups is 1. The molecule has 0 radical (unpaired) electrons. The Bertz CT molecular complexity index is 393. The molecule has 0 aromatic heterocycles. The predicted octanol–water partition coefficient (Wildman–Crippen LogP) is -0.585. The lowest BCUT2D eigenvalue weighted by Gasteiger charge is -2.05. The highest BCUT2D eigenvalue weighted by Crippen LogP contribution is 2.11. The van der Waals surface area contributed by atoms with Gasteiger partial charge in [0.1, 0.15) is 5.75 Å². The topological polar surface area (TPSA) is 93.4 Å². The number of hydrogen-bond acceptors (Lipinski definition) is 4. The zero-order chi connectivity index (χ0) is 12.0. The molecule has 0 bridgehead atoms. The summed E-state index contributed by atoms with van der Waals surface area (Å²) in [5, 5.41) is 2.41. The van der Waals surface area contributed by atoms with Crippen molar-refractivity contribution in [2.75, 3.05) is 13.7 Å². The number of rotatable bonds is 4. The molecule has 0 saturated carbocycles. The summed E-state index contributed by atoms with van der Waals surface area (Å²) in [6.45, 7) is -0.160. The van der Waals surface area contributed by atoms with Crippen LogP contribution < -0.4 is 21.3 Å². The molecule has 0 aliphatic carbocycles. The quantitative estimate of drug-likeness (QED) is 0.361. The first-order valence-electron chi connectivity index (χ1n) is 4.59. The molecule has 1 rings (SSSR count). The number of ether oxygens (including phenoxy) is 1. The van der Waals surface area contributed by atoms with E-state index in [-0.39, 0.29) is 12.5 Å². The van der Waals surface area contributed by atoms with Crippen molar-refractivity contribution in [1.29, 1.82) is 0 Å². The van der Waals surface area contributed by atoms with Crippen LogP contribution in [0.25, 0.3) is 0 Å². The lowest BCUT2D eigenvalue weighted by atomic mass is 10.2. The molecular weight excluding hydrogens is 210 g/mol. The van der Waals surface area contributed by atoms with Gasteiger partial charge in [-0.05, 0) is 18.2 Å². The Morgan fingerprint density at radius 2 is 2.19 bits per heavy atom. The molecule has 0 spiro atoms. The van der Waals surface area contributed by atoms with Crippen molar-refractivity contribution in [3.8, 4) is 5.75 Å². The highest BCUT2D eigenvalue weighted by Gasteiger charge is 2.07. The van der Waals surface area contributed by atoms with E-state index in [2.05, 4.69) is 5.32 Å². The minimum Gasteiger partial charge on any atom is -0.497 e. The van der Waals surface area contributed by atoms with E-state index in [9.17, 15) is 9.59 Å². The summed E-state index contributed by atoms with van der Waals surface area (Å²) in [6, 6.07) is 6.62. The Labute approximate surface area is 92.7 Å². The Hall–Kier alpha value is -2.08. The van der Waals surface area contributed by atoms with Gasteiger partial charge in [-0.25, -0.2) is 5.84 Å². The lowest BCUT2D eigenvalue weighted by Crippen LogP contribution is -2.40. The van der Waals surface area contributed by atoms with E-state index in [0.717, 1.165) is 0 Å². The predicted molar refractivity (Wildman–Crippen MR) is 57.7 cm³/mol. The smallest absolute Gasteiger partial charge is 0.253 e. The SMILES string of the molecule is COc1cccc(C(=O)NCC(=O)NN)c1. The van der Waals surface area contributed by atoms with Gasteiger partial charge in [0, 0.05) is 5.56 Å². The number of amides is 2. The summed E-state index contributed by atoms with van der Waals surface area (Å²) in [6.07, 6.45) is 0. The molecule has 6 nitrogen and oxygen atoms in total. The zero-order valence-electron chi connectivity index (χ0n) is 8.82. The van der Waals surface area contributed by atoms with Gasteiger partial charge in [0.2, 0.25) is 0 Å². The van der Waals surface area contributed by atoms with Crippen molar-refractivity contribution < 1.29 is 14.3 Å². The van der Waals surface area contributed by atoms with Crippen LogP contribution in [0.2, 0.25) is 0 Å². The first kappa shape index (κ1) is 12.0. The van der Waals surface area contributed by atoms with E-state index in [4.69, 9.17) is 10.6 Å². The Kier molecular flexibility index (Phi) is 4.28.